The highest BCUT2D eigenvalue weighted by molar-refractivity contribution is 9.10. The Balaban J connectivity index is 2.36. The Morgan fingerprint density at radius 3 is 2.34 bits per heavy atom. The predicted molar refractivity (Wildman–Crippen MR) is 131 cm³/mol. The van der Waals surface area contributed by atoms with E-state index in [4.69, 9.17) is 0 Å². The van der Waals surface area contributed by atoms with Crippen LogP contribution >= 0.6 is 15.9 Å². The zero-order valence-electron chi connectivity index (χ0n) is 18.8. The summed E-state index contributed by atoms with van der Waals surface area (Å²) < 4.78 is 27.0. The third-order valence-corrected chi connectivity index (χ3v) is 7.05. The Hall–Kier alpha value is -2.39. The molecule has 0 radical (unpaired) electrons. The van der Waals surface area contributed by atoms with Gasteiger partial charge in [-0.25, -0.2) is 8.42 Å². The first kappa shape index (κ1) is 25.9. The molecule has 174 valence electrons. The summed E-state index contributed by atoms with van der Waals surface area (Å²) in [6.07, 6.45) is 1.84. The van der Waals surface area contributed by atoms with E-state index >= 15 is 0 Å². The van der Waals surface area contributed by atoms with Gasteiger partial charge < -0.3 is 10.2 Å². The molecule has 0 spiro atoms. The molecule has 7 nitrogen and oxygen atoms in total. The lowest BCUT2D eigenvalue weighted by molar-refractivity contribution is -0.139. The molecule has 1 N–H and O–H groups in total. The van der Waals surface area contributed by atoms with Gasteiger partial charge in [-0.05, 0) is 49.6 Å². The van der Waals surface area contributed by atoms with Gasteiger partial charge in [0.25, 0.3) is 0 Å². The molecule has 0 fully saturated rings. The number of anilines is 1. The van der Waals surface area contributed by atoms with Crippen LogP contribution in [0.5, 0.6) is 0 Å². The summed E-state index contributed by atoms with van der Waals surface area (Å²) in [5, 5.41) is 2.81. The molecule has 2 aromatic carbocycles. The monoisotopic (exact) mass is 523 g/mol. The van der Waals surface area contributed by atoms with E-state index in [1.807, 2.05) is 44.2 Å². The molecule has 0 aliphatic heterocycles. The van der Waals surface area contributed by atoms with Gasteiger partial charge in [0.05, 0.1) is 11.9 Å². The lowest BCUT2D eigenvalue weighted by Gasteiger charge is -2.31. The van der Waals surface area contributed by atoms with Crippen molar-refractivity contribution >= 4 is 43.5 Å². The van der Waals surface area contributed by atoms with Gasteiger partial charge in [0.15, 0.2) is 0 Å². The van der Waals surface area contributed by atoms with Crippen molar-refractivity contribution in [1.29, 1.82) is 0 Å². The SMILES string of the molecule is CCCNC(=O)[C@@H](C)N(Cc1ccccc1)C(=O)CN(c1ccc(Br)c(C)c1)S(C)(=O)=O. The highest BCUT2D eigenvalue weighted by atomic mass is 79.9. The number of aryl methyl sites for hydroxylation is 1. The third kappa shape index (κ3) is 7.06. The number of sulfonamides is 1. The second-order valence-electron chi connectivity index (χ2n) is 7.68. The average molecular weight is 524 g/mol. The number of benzene rings is 2. The van der Waals surface area contributed by atoms with E-state index in [2.05, 4.69) is 21.2 Å². The zero-order chi connectivity index (χ0) is 23.9. The van der Waals surface area contributed by atoms with Crippen molar-refractivity contribution in [2.45, 2.75) is 39.8 Å². The minimum Gasteiger partial charge on any atom is -0.354 e. The maximum atomic E-state index is 13.4. The van der Waals surface area contributed by atoms with Crippen molar-refractivity contribution in [1.82, 2.24) is 10.2 Å². The Bertz CT molecular complexity index is 1040. The highest BCUT2D eigenvalue weighted by Crippen LogP contribution is 2.25. The van der Waals surface area contributed by atoms with Crippen LogP contribution in [0, 0.1) is 6.92 Å². The molecular weight excluding hydrogens is 494 g/mol. The van der Waals surface area contributed by atoms with E-state index in [1.165, 1.54) is 4.90 Å². The first-order valence-electron chi connectivity index (χ1n) is 10.4. The number of nitrogens with one attached hydrogen (secondary N) is 1. The fourth-order valence-corrected chi connectivity index (χ4v) is 4.24. The minimum absolute atomic E-state index is 0.192. The first-order valence-corrected chi connectivity index (χ1v) is 13.0. The fraction of sp³-hybridized carbons (Fsp3) is 0.391. The predicted octanol–water partition coefficient (Wildman–Crippen LogP) is 3.47. The molecule has 0 unspecified atom stereocenters. The largest absolute Gasteiger partial charge is 0.354 e. The quantitative estimate of drug-likeness (QED) is 0.516. The minimum atomic E-state index is -3.74. The molecule has 2 amide bonds. The molecule has 2 aromatic rings. The topological polar surface area (TPSA) is 86.8 Å². The van der Waals surface area contributed by atoms with Crippen LogP contribution in [0.3, 0.4) is 0 Å². The van der Waals surface area contributed by atoms with Crippen LogP contribution in [0.15, 0.2) is 53.0 Å². The Labute approximate surface area is 199 Å². The van der Waals surface area contributed by atoms with E-state index < -0.39 is 28.5 Å². The normalized spacial score (nSPS) is 12.2. The molecule has 32 heavy (non-hydrogen) atoms. The summed E-state index contributed by atoms with van der Waals surface area (Å²) in [6, 6.07) is 13.6. The van der Waals surface area contributed by atoms with E-state index in [0.717, 1.165) is 32.6 Å². The number of halogens is 1. The highest BCUT2D eigenvalue weighted by Gasteiger charge is 2.30. The lowest BCUT2D eigenvalue weighted by atomic mass is 10.1. The molecule has 2 rings (SSSR count). The maximum Gasteiger partial charge on any atom is 0.244 e. The number of amides is 2. The van der Waals surface area contributed by atoms with Crippen LogP contribution in [-0.4, -0.2) is 50.5 Å². The molecule has 0 saturated carbocycles. The summed E-state index contributed by atoms with van der Waals surface area (Å²) in [5.74, 6) is -0.736. The molecule has 0 bridgehead atoms. The van der Waals surface area contributed by atoms with Crippen molar-refractivity contribution in [2.24, 2.45) is 0 Å². The number of nitrogens with zero attached hydrogens (tertiary/aromatic N) is 2. The molecular formula is C23H30BrN3O4S. The van der Waals surface area contributed by atoms with Gasteiger partial charge in [-0.2, -0.15) is 0 Å². The van der Waals surface area contributed by atoms with Gasteiger partial charge in [-0.3, -0.25) is 13.9 Å². The number of carbonyl (C=O) groups excluding carboxylic acids is 2. The van der Waals surface area contributed by atoms with Crippen LogP contribution in [0.25, 0.3) is 0 Å². The Kier molecular flexibility index (Phi) is 9.27. The van der Waals surface area contributed by atoms with Gasteiger partial charge in [0.2, 0.25) is 21.8 Å². The van der Waals surface area contributed by atoms with Crippen LogP contribution in [-0.2, 0) is 26.2 Å². The van der Waals surface area contributed by atoms with Gasteiger partial charge in [-0.15, -0.1) is 0 Å². The number of hydrogen-bond acceptors (Lipinski definition) is 4. The molecule has 9 heteroatoms. The van der Waals surface area contributed by atoms with Crippen molar-refractivity contribution in [3.05, 3.63) is 64.1 Å². The Morgan fingerprint density at radius 1 is 1.12 bits per heavy atom. The summed E-state index contributed by atoms with van der Waals surface area (Å²) in [5.41, 5.74) is 2.09. The summed E-state index contributed by atoms with van der Waals surface area (Å²) in [7, 11) is -3.74. The van der Waals surface area contributed by atoms with E-state index in [-0.39, 0.29) is 12.5 Å². The molecule has 1 atom stereocenters. The van der Waals surface area contributed by atoms with Gasteiger partial charge in [-0.1, -0.05) is 53.2 Å². The smallest absolute Gasteiger partial charge is 0.244 e. The summed E-state index contributed by atoms with van der Waals surface area (Å²) >= 11 is 3.41. The van der Waals surface area contributed by atoms with E-state index in [1.54, 1.807) is 25.1 Å². The zero-order valence-corrected chi connectivity index (χ0v) is 21.2. The standard InChI is InChI=1S/C23H30BrN3O4S/c1-5-13-25-23(29)18(3)26(15-19-9-7-6-8-10-19)22(28)16-27(32(4,30)31)20-11-12-21(24)17(2)14-20/h6-12,14,18H,5,13,15-16H2,1-4H3,(H,25,29)/t18-/m1/s1. The third-order valence-electron chi connectivity index (χ3n) is 5.02. The summed E-state index contributed by atoms with van der Waals surface area (Å²) in [6.45, 7) is 5.74. The van der Waals surface area contributed by atoms with Gasteiger partial charge in [0.1, 0.15) is 12.6 Å². The van der Waals surface area contributed by atoms with Crippen LogP contribution in [0.2, 0.25) is 0 Å². The maximum absolute atomic E-state index is 13.4. The van der Waals surface area contributed by atoms with Crippen LogP contribution in [0.4, 0.5) is 5.69 Å². The van der Waals surface area contributed by atoms with Gasteiger partial charge >= 0.3 is 0 Å². The van der Waals surface area contributed by atoms with Crippen molar-refractivity contribution in [3.8, 4) is 0 Å². The van der Waals surface area contributed by atoms with Crippen LogP contribution < -0.4 is 9.62 Å². The van der Waals surface area contributed by atoms with Crippen molar-refractivity contribution in [3.63, 3.8) is 0 Å². The lowest BCUT2D eigenvalue weighted by Crippen LogP contribution is -2.51. The second kappa shape index (κ2) is 11.5. The molecule has 0 aromatic heterocycles. The number of rotatable bonds is 10. The first-order chi connectivity index (χ1) is 15.0. The molecule has 0 saturated heterocycles. The van der Waals surface area contributed by atoms with E-state index in [9.17, 15) is 18.0 Å². The number of hydrogen-bond donors (Lipinski definition) is 1. The van der Waals surface area contributed by atoms with Crippen LogP contribution in [0.1, 0.15) is 31.4 Å². The van der Waals surface area contributed by atoms with E-state index in [0.29, 0.717) is 12.2 Å². The average Bonchev–Trinajstić information content (AvgIpc) is 2.75. The van der Waals surface area contributed by atoms with Gasteiger partial charge in [0, 0.05) is 17.6 Å². The number of carbonyl (C=O) groups is 2. The Morgan fingerprint density at radius 2 is 1.78 bits per heavy atom. The molecule has 0 aliphatic carbocycles. The second-order valence-corrected chi connectivity index (χ2v) is 10.4. The van der Waals surface area contributed by atoms with Crippen molar-refractivity contribution < 1.29 is 18.0 Å². The molecule has 0 heterocycles. The summed E-state index contributed by atoms with van der Waals surface area (Å²) in [4.78, 5) is 27.4. The fourth-order valence-electron chi connectivity index (χ4n) is 3.16. The van der Waals surface area contributed by atoms with Crippen molar-refractivity contribution in [2.75, 3.05) is 23.7 Å². The molecule has 0 aliphatic rings.